The Morgan fingerprint density at radius 2 is 2.22 bits per heavy atom. The molecule has 2 fully saturated rings. The van der Waals surface area contributed by atoms with Crippen LogP contribution in [0.25, 0.3) is 0 Å². The summed E-state index contributed by atoms with van der Waals surface area (Å²) >= 11 is 0. The average Bonchev–Trinajstić information content (AvgIpc) is 2.11. The highest BCUT2D eigenvalue weighted by Crippen LogP contribution is 2.25. The first-order valence-corrected chi connectivity index (χ1v) is 3.82. The van der Waals surface area contributed by atoms with Crippen molar-refractivity contribution in [3.63, 3.8) is 0 Å². The Bertz CT molecular complexity index is 101. The molecule has 52 valence electrons. The molecular weight excluding hydrogens is 112 g/mol. The molecule has 2 heteroatoms. The molecule has 0 saturated carbocycles. The topological polar surface area (TPSA) is 29.3 Å². The van der Waals surface area contributed by atoms with Gasteiger partial charge in [-0.3, -0.25) is 0 Å². The maximum absolute atomic E-state index is 5.81. The molecular formula is C7H14N2. The van der Waals surface area contributed by atoms with E-state index in [0.29, 0.717) is 6.04 Å². The molecule has 0 amide bonds. The summed E-state index contributed by atoms with van der Waals surface area (Å²) in [7, 11) is 0. The minimum atomic E-state index is 0.478. The van der Waals surface area contributed by atoms with Gasteiger partial charge in [-0.2, -0.15) is 0 Å². The van der Waals surface area contributed by atoms with Crippen molar-refractivity contribution in [1.29, 1.82) is 0 Å². The molecule has 2 nitrogen and oxygen atoms in total. The summed E-state index contributed by atoms with van der Waals surface area (Å²) in [4.78, 5) is 2.48. The van der Waals surface area contributed by atoms with Gasteiger partial charge in [0.05, 0.1) is 0 Å². The van der Waals surface area contributed by atoms with Gasteiger partial charge in [-0.25, -0.2) is 0 Å². The fourth-order valence-electron chi connectivity index (χ4n) is 2.11. The van der Waals surface area contributed by atoms with Crippen molar-refractivity contribution < 1.29 is 0 Å². The fraction of sp³-hybridized carbons (Fsp3) is 1.00. The SMILES string of the molecule is NC1CC2CCN(C1)C2. The molecule has 2 heterocycles. The zero-order valence-corrected chi connectivity index (χ0v) is 5.71. The van der Waals surface area contributed by atoms with Gasteiger partial charge in [-0.05, 0) is 25.3 Å². The first kappa shape index (κ1) is 5.69. The minimum Gasteiger partial charge on any atom is -0.327 e. The number of piperidine rings is 1. The van der Waals surface area contributed by atoms with E-state index in [0.717, 1.165) is 12.5 Å². The number of nitrogens with zero attached hydrogens (tertiary/aromatic N) is 1. The summed E-state index contributed by atoms with van der Waals surface area (Å²) in [5.74, 6) is 0.939. The van der Waals surface area contributed by atoms with E-state index in [4.69, 9.17) is 5.73 Å². The molecule has 3 atom stereocenters. The summed E-state index contributed by atoms with van der Waals surface area (Å²) in [6.45, 7) is 3.78. The molecule has 2 saturated heterocycles. The Labute approximate surface area is 56.0 Å². The quantitative estimate of drug-likeness (QED) is 0.496. The van der Waals surface area contributed by atoms with E-state index in [1.54, 1.807) is 0 Å². The number of fused-ring (bicyclic) bond motifs is 2. The molecule has 2 rings (SSSR count). The number of nitrogens with two attached hydrogens (primary N) is 1. The van der Waals surface area contributed by atoms with Gasteiger partial charge >= 0.3 is 0 Å². The molecule has 0 aromatic carbocycles. The largest absolute Gasteiger partial charge is 0.327 e. The van der Waals surface area contributed by atoms with Gasteiger partial charge in [0.1, 0.15) is 0 Å². The third-order valence-corrected chi connectivity index (χ3v) is 2.50. The summed E-state index contributed by atoms with van der Waals surface area (Å²) < 4.78 is 0. The molecule has 2 N–H and O–H groups in total. The number of hydrogen-bond acceptors (Lipinski definition) is 2. The van der Waals surface area contributed by atoms with Gasteiger partial charge < -0.3 is 10.6 Å². The average molecular weight is 126 g/mol. The summed E-state index contributed by atoms with van der Waals surface area (Å²) in [6.07, 6.45) is 2.67. The van der Waals surface area contributed by atoms with Gasteiger partial charge in [0.2, 0.25) is 0 Å². The third kappa shape index (κ3) is 0.970. The second-order valence-electron chi connectivity index (χ2n) is 3.41. The lowest BCUT2D eigenvalue weighted by Crippen LogP contribution is -2.41. The zero-order chi connectivity index (χ0) is 6.27. The van der Waals surface area contributed by atoms with E-state index in [2.05, 4.69) is 4.90 Å². The fourth-order valence-corrected chi connectivity index (χ4v) is 2.11. The maximum atomic E-state index is 5.81. The van der Waals surface area contributed by atoms with Crippen molar-refractivity contribution in [2.45, 2.75) is 18.9 Å². The van der Waals surface area contributed by atoms with Crippen LogP contribution in [0.4, 0.5) is 0 Å². The summed E-state index contributed by atoms with van der Waals surface area (Å²) in [5.41, 5.74) is 5.81. The summed E-state index contributed by atoms with van der Waals surface area (Å²) in [5, 5.41) is 0. The van der Waals surface area contributed by atoms with Crippen molar-refractivity contribution in [3.8, 4) is 0 Å². The lowest BCUT2D eigenvalue weighted by Gasteiger charge is -2.26. The maximum Gasteiger partial charge on any atom is 0.0170 e. The molecule has 2 aliphatic heterocycles. The second kappa shape index (κ2) is 1.96. The lowest BCUT2D eigenvalue weighted by molar-refractivity contribution is 0.244. The van der Waals surface area contributed by atoms with Crippen molar-refractivity contribution in [2.75, 3.05) is 19.6 Å². The third-order valence-electron chi connectivity index (χ3n) is 2.50. The highest BCUT2D eigenvalue weighted by molar-refractivity contribution is 4.86. The molecule has 0 aromatic heterocycles. The Hall–Kier alpha value is -0.0800. The van der Waals surface area contributed by atoms with Crippen LogP contribution in [0, 0.1) is 5.92 Å². The molecule has 3 unspecified atom stereocenters. The highest BCUT2D eigenvalue weighted by atomic mass is 15.2. The van der Waals surface area contributed by atoms with Crippen LogP contribution in [-0.2, 0) is 0 Å². The van der Waals surface area contributed by atoms with E-state index in [-0.39, 0.29) is 0 Å². The van der Waals surface area contributed by atoms with Crippen LogP contribution in [0.5, 0.6) is 0 Å². The Balaban J connectivity index is 2.03. The first-order valence-electron chi connectivity index (χ1n) is 3.82. The first-order chi connectivity index (χ1) is 4.34. The van der Waals surface area contributed by atoms with Gasteiger partial charge in [-0.15, -0.1) is 0 Å². The van der Waals surface area contributed by atoms with Crippen LogP contribution in [0.1, 0.15) is 12.8 Å². The minimum absolute atomic E-state index is 0.478. The standard InChI is InChI=1S/C7H14N2/c8-7-3-6-1-2-9(4-6)5-7/h6-7H,1-5,8H2. The van der Waals surface area contributed by atoms with Crippen LogP contribution in [0.15, 0.2) is 0 Å². The smallest absolute Gasteiger partial charge is 0.0170 e. The number of hydrogen-bond donors (Lipinski definition) is 1. The zero-order valence-electron chi connectivity index (χ0n) is 5.71. The van der Waals surface area contributed by atoms with Crippen LogP contribution in [0.2, 0.25) is 0 Å². The normalized spacial score (nSPS) is 49.7. The monoisotopic (exact) mass is 126 g/mol. The van der Waals surface area contributed by atoms with Crippen LogP contribution in [0.3, 0.4) is 0 Å². The van der Waals surface area contributed by atoms with Crippen molar-refractivity contribution in [3.05, 3.63) is 0 Å². The van der Waals surface area contributed by atoms with Gasteiger partial charge in [0.15, 0.2) is 0 Å². The predicted octanol–water partition coefficient (Wildman–Crippen LogP) is 0.0393. The second-order valence-corrected chi connectivity index (χ2v) is 3.41. The molecule has 0 aromatic rings. The molecule has 2 bridgehead atoms. The van der Waals surface area contributed by atoms with Crippen LogP contribution < -0.4 is 5.73 Å². The van der Waals surface area contributed by atoms with Gasteiger partial charge in [-0.1, -0.05) is 0 Å². The molecule has 0 spiro atoms. The Morgan fingerprint density at radius 1 is 1.33 bits per heavy atom. The van der Waals surface area contributed by atoms with E-state index >= 15 is 0 Å². The highest BCUT2D eigenvalue weighted by Gasteiger charge is 2.29. The summed E-state index contributed by atoms with van der Waals surface area (Å²) in [6, 6.07) is 0.478. The lowest BCUT2D eigenvalue weighted by atomic mass is 9.98. The van der Waals surface area contributed by atoms with Crippen molar-refractivity contribution in [2.24, 2.45) is 11.7 Å². The van der Waals surface area contributed by atoms with E-state index < -0.39 is 0 Å². The van der Waals surface area contributed by atoms with E-state index in [9.17, 15) is 0 Å². The molecule has 2 aliphatic rings. The Kier molecular flexibility index (Phi) is 1.24. The van der Waals surface area contributed by atoms with Crippen molar-refractivity contribution in [1.82, 2.24) is 4.90 Å². The molecule has 9 heavy (non-hydrogen) atoms. The van der Waals surface area contributed by atoms with Gasteiger partial charge in [0.25, 0.3) is 0 Å². The number of rotatable bonds is 0. The molecule has 0 aliphatic carbocycles. The Morgan fingerprint density at radius 3 is 3.00 bits per heavy atom. The predicted molar refractivity (Wildman–Crippen MR) is 37.1 cm³/mol. The van der Waals surface area contributed by atoms with Crippen LogP contribution in [-0.4, -0.2) is 30.6 Å². The van der Waals surface area contributed by atoms with E-state index in [1.807, 2.05) is 0 Å². The molecule has 0 radical (unpaired) electrons. The van der Waals surface area contributed by atoms with E-state index in [1.165, 1.54) is 25.9 Å². The van der Waals surface area contributed by atoms with Crippen molar-refractivity contribution >= 4 is 0 Å². The van der Waals surface area contributed by atoms with Crippen LogP contribution >= 0.6 is 0 Å². The van der Waals surface area contributed by atoms with Gasteiger partial charge in [0, 0.05) is 19.1 Å².